The first kappa shape index (κ1) is 17.1. The molecule has 1 aliphatic rings. The van der Waals surface area contributed by atoms with Gasteiger partial charge >= 0.3 is 5.97 Å². The third kappa shape index (κ3) is 3.40. The van der Waals surface area contributed by atoms with Crippen LogP contribution in [0.5, 0.6) is 0 Å². The van der Waals surface area contributed by atoms with E-state index in [-0.39, 0.29) is 18.1 Å². The lowest BCUT2D eigenvalue weighted by Gasteiger charge is -2.39. The third-order valence-corrected chi connectivity index (χ3v) is 4.91. The topological polar surface area (TPSA) is 75.4 Å². The van der Waals surface area contributed by atoms with E-state index in [1.54, 1.807) is 40.1 Å². The molecule has 1 N–H and O–H groups in total. The van der Waals surface area contributed by atoms with E-state index >= 15 is 0 Å². The van der Waals surface area contributed by atoms with Crippen LogP contribution < -0.4 is 0 Å². The van der Waals surface area contributed by atoms with Gasteiger partial charge in [-0.15, -0.1) is 0 Å². The molecular formula is C18H20FN3O3. The average molecular weight is 345 g/mol. The van der Waals surface area contributed by atoms with Crippen molar-refractivity contribution < 1.29 is 19.1 Å². The molecule has 1 aliphatic heterocycles. The minimum Gasteiger partial charge on any atom is -0.479 e. The van der Waals surface area contributed by atoms with Crippen molar-refractivity contribution in [2.24, 2.45) is 0 Å². The molecular weight excluding hydrogens is 325 g/mol. The Balaban J connectivity index is 1.61. The average Bonchev–Trinajstić information content (AvgIpc) is 3.16. The van der Waals surface area contributed by atoms with Crippen LogP contribution in [0.3, 0.4) is 0 Å². The molecule has 0 atom stereocenters. The second-order valence-corrected chi connectivity index (χ2v) is 6.28. The molecule has 7 heteroatoms. The first-order valence-corrected chi connectivity index (χ1v) is 8.26. The highest BCUT2D eigenvalue weighted by Gasteiger charge is 2.43. The Hall–Kier alpha value is -2.70. The van der Waals surface area contributed by atoms with Crippen LogP contribution in [0.25, 0.3) is 0 Å². The molecule has 0 saturated carbocycles. The minimum atomic E-state index is -1.06. The number of aromatic nitrogens is 2. The van der Waals surface area contributed by atoms with Gasteiger partial charge in [-0.3, -0.25) is 4.79 Å². The number of aliphatic carboxylic acids is 1. The second kappa shape index (κ2) is 7.04. The van der Waals surface area contributed by atoms with Gasteiger partial charge in [0.15, 0.2) is 0 Å². The number of halogens is 1. The van der Waals surface area contributed by atoms with Gasteiger partial charge in [-0.05, 0) is 30.9 Å². The van der Waals surface area contributed by atoms with E-state index in [1.165, 1.54) is 12.4 Å². The standard InChI is InChI=1S/C18H20FN3O3/c19-15-4-2-1-3-14(15)5-6-16(23)21-10-7-18(8-11-21,17(24)25)22-12-9-20-13-22/h1-4,9,12-13H,5-8,10-11H2,(H,24,25). The Kier molecular flexibility index (Phi) is 4.83. The SMILES string of the molecule is O=C(CCc1ccccc1F)N1CCC(C(=O)O)(n2ccnc2)CC1. The molecule has 2 heterocycles. The molecule has 3 rings (SSSR count). The van der Waals surface area contributed by atoms with Crippen LogP contribution in [-0.2, 0) is 21.5 Å². The van der Waals surface area contributed by atoms with Crippen molar-refractivity contribution in [3.63, 3.8) is 0 Å². The summed E-state index contributed by atoms with van der Waals surface area (Å²) in [5, 5.41) is 9.67. The van der Waals surface area contributed by atoms with Crippen molar-refractivity contribution in [3.05, 3.63) is 54.4 Å². The van der Waals surface area contributed by atoms with Crippen molar-refractivity contribution in [1.82, 2.24) is 14.5 Å². The van der Waals surface area contributed by atoms with Gasteiger partial charge in [-0.2, -0.15) is 0 Å². The first-order chi connectivity index (χ1) is 12.0. The maximum absolute atomic E-state index is 13.6. The van der Waals surface area contributed by atoms with Crippen molar-refractivity contribution in [2.75, 3.05) is 13.1 Å². The molecule has 1 aromatic carbocycles. The summed E-state index contributed by atoms with van der Waals surface area (Å²) in [7, 11) is 0. The smallest absolute Gasteiger partial charge is 0.330 e. The normalized spacial score (nSPS) is 16.6. The van der Waals surface area contributed by atoms with E-state index < -0.39 is 11.5 Å². The second-order valence-electron chi connectivity index (χ2n) is 6.28. The summed E-state index contributed by atoms with van der Waals surface area (Å²) in [6, 6.07) is 6.42. The number of carboxylic acid groups (broad SMARTS) is 1. The highest BCUT2D eigenvalue weighted by Crippen LogP contribution is 2.31. The van der Waals surface area contributed by atoms with Gasteiger partial charge in [-0.25, -0.2) is 14.2 Å². The number of hydrogen-bond acceptors (Lipinski definition) is 3. The van der Waals surface area contributed by atoms with Gasteiger partial charge in [0.2, 0.25) is 5.91 Å². The van der Waals surface area contributed by atoms with Gasteiger partial charge in [-0.1, -0.05) is 18.2 Å². The number of rotatable bonds is 5. The summed E-state index contributed by atoms with van der Waals surface area (Å²) in [5.74, 6) is -1.30. The van der Waals surface area contributed by atoms with Crippen LogP contribution >= 0.6 is 0 Å². The van der Waals surface area contributed by atoms with Crippen LogP contribution in [0, 0.1) is 5.82 Å². The maximum Gasteiger partial charge on any atom is 0.330 e. The summed E-state index contributed by atoms with van der Waals surface area (Å²) >= 11 is 0. The predicted molar refractivity (Wildman–Crippen MR) is 88.4 cm³/mol. The number of benzene rings is 1. The number of likely N-dealkylation sites (tertiary alicyclic amines) is 1. The number of carboxylic acids is 1. The number of aryl methyl sites for hydroxylation is 1. The number of imidazole rings is 1. The lowest BCUT2D eigenvalue weighted by atomic mass is 9.87. The van der Waals surface area contributed by atoms with Gasteiger partial charge in [0.05, 0.1) is 6.33 Å². The molecule has 0 radical (unpaired) electrons. The fourth-order valence-electron chi connectivity index (χ4n) is 3.32. The molecule has 1 amide bonds. The summed E-state index contributed by atoms with van der Waals surface area (Å²) < 4.78 is 15.2. The van der Waals surface area contributed by atoms with Crippen LogP contribution in [-0.4, -0.2) is 44.5 Å². The first-order valence-electron chi connectivity index (χ1n) is 8.26. The van der Waals surface area contributed by atoms with E-state index in [1.807, 2.05) is 0 Å². The molecule has 132 valence electrons. The quantitative estimate of drug-likeness (QED) is 0.900. The number of carbonyl (C=O) groups is 2. The molecule has 2 aromatic rings. The Morgan fingerprint density at radius 3 is 2.56 bits per heavy atom. The number of nitrogens with zero attached hydrogens (tertiary/aromatic N) is 3. The minimum absolute atomic E-state index is 0.0760. The zero-order valence-corrected chi connectivity index (χ0v) is 13.8. The van der Waals surface area contributed by atoms with Gasteiger partial charge in [0.25, 0.3) is 0 Å². The summed E-state index contributed by atoms with van der Waals surface area (Å²) in [4.78, 5) is 29.8. The number of piperidine rings is 1. The summed E-state index contributed by atoms with van der Waals surface area (Å²) in [5.41, 5.74) is -0.537. The van der Waals surface area contributed by atoms with Crippen molar-refractivity contribution in [1.29, 1.82) is 0 Å². The fourth-order valence-corrected chi connectivity index (χ4v) is 3.32. The van der Waals surface area contributed by atoms with E-state index in [9.17, 15) is 19.1 Å². The number of hydrogen-bond donors (Lipinski definition) is 1. The van der Waals surface area contributed by atoms with Crippen LogP contribution in [0.4, 0.5) is 4.39 Å². The van der Waals surface area contributed by atoms with Gasteiger partial charge in [0.1, 0.15) is 11.4 Å². The van der Waals surface area contributed by atoms with E-state index in [4.69, 9.17) is 0 Å². The Morgan fingerprint density at radius 2 is 1.96 bits per heavy atom. The van der Waals surface area contributed by atoms with Gasteiger partial charge in [0, 0.05) is 31.9 Å². The zero-order chi connectivity index (χ0) is 17.9. The Labute approximate surface area is 144 Å². The fraction of sp³-hybridized carbons (Fsp3) is 0.389. The highest BCUT2D eigenvalue weighted by molar-refractivity contribution is 5.79. The Bertz CT molecular complexity index is 753. The molecule has 6 nitrogen and oxygen atoms in total. The molecule has 25 heavy (non-hydrogen) atoms. The van der Waals surface area contributed by atoms with E-state index in [0.717, 1.165) is 0 Å². The van der Waals surface area contributed by atoms with Crippen LogP contribution in [0.15, 0.2) is 43.0 Å². The largest absolute Gasteiger partial charge is 0.479 e. The van der Waals surface area contributed by atoms with Crippen molar-refractivity contribution in [3.8, 4) is 0 Å². The molecule has 1 fully saturated rings. The van der Waals surface area contributed by atoms with Crippen molar-refractivity contribution >= 4 is 11.9 Å². The lowest BCUT2D eigenvalue weighted by Crippen LogP contribution is -2.52. The van der Waals surface area contributed by atoms with Crippen LogP contribution in [0.2, 0.25) is 0 Å². The van der Waals surface area contributed by atoms with Crippen molar-refractivity contribution in [2.45, 2.75) is 31.2 Å². The van der Waals surface area contributed by atoms with E-state index in [2.05, 4.69) is 4.98 Å². The third-order valence-electron chi connectivity index (χ3n) is 4.91. The lowest BCUT2D eigenvalue weighted by molar-refractivity contribution is -0.152. The molecule has 0 aliphatic carbocycles. The highest BCUT2D eigenvalue weighted by atomic mass is 19.1. The van der Waals surface area contributed by atoms with E-state index in [0.29, 0.717) is 37.9 Å². The monoisotopic (exact) mass is 345 g/mol. The van der Waals surface area contributed by atoms with Gasteiger partial charge < -0.3 is 14.6 Å². The summed E-state index contributed by atoms with van der Waals surface area (Å²) in [6.45, 7) is 0.723. The number of amides is 1. The maximum atomic E-state index is 13.6. The molecule has 1 aromatic heterocycles. The Morgan fingerprint density at radius 1 is 1.24 bits per heavy atom. The zero-order valence-electron chi connectivity index (χ0n) is 13.8. The molecule has 0 spiro atoms. The summed E-state index contributed by atoms with van der Waals surface area (Å²) in [6.07, 6.45) is 5.90. The molecule has 0 bridgehead atoms. The predicted octanol–water partition coefficient (Wildman–Crippen LogP) is 2.06. The molecule has 1 saturated heterocycles. The molecule has 0 unspecified atom stereocenters. The van der Waals surface area contributed by atoms with Crippen LogP contribution in [0.1, 0.15) is 24.8 Å². The number of carbonyl (C=O) groups excluding carboxylic acids is 1.